The van der Waals surface area contributed by atoms with Gasteiger partial charge in [-0.25, -0.2) is 8.42 Å². The van der Waals surface area contributed by atoms with Crippen molar-refractivity contribution in [1.29, 1.82) is 0 Å². The molecule has 0 aliphatic rings. The lowest BCUT2D eigenvalue weighted by molar-refractivity contribution is -0.120. The van der Waals surface area contributed by atoms with Gasteiger partial charge in [0.1, 0.15) is 6.54 Å². The summed E-state index contributed by atoms with van der Waals surface area (Å²) in [6.07, 6.45) is 1.07. The second-order valence-electron chi connectivity index (χ2n) is 7.91. The number of nitrogens with zero attached hydrogens (tertiary/aromatic N) is 1. The largest absolute Gasteiger partial charge is 0.348 e. The highest BCUT2D eigenvalue weighted by atomic mass is 35.5. The van der Waals surface area contributed by atoms with E-state index in [0.717, 1.165) is 16.1 Å². The SMILES string of the molecule is CC(NC(=O)CN(c1cccc(Cl)c1)S(C)(=O)=O)c1ccc(C(C)(C)C)cc1. The molecule has 2 rings (SSSR count). The minimum atomic E-state index is -3.64. The summed E-state index contributed by atoms with van der Waals surface area (Å²) < 4.78 is 25.4. The number of anilines is 1. The Balaban J connectivity index is 2.12. The van der Waals surface area contributed by atoms with Crippen LogP contribution in [-0.2, 0) is 20.2 Å². The summed E-state index contributed by atoms with van der Waals surface area (Å²) in [4.78, 5) is 12.5. The number of carbonyl (C=O) groups excluding carboxylic acids is 1. The molecule has 0 aromatic heterocycles. The summed E-state index contributed by atoms with van der Waals surface area (Å²) in [5, 5.41) is 3.27. The summed E-state index contributed by atoms with van der Waals surface area (Å²) >= 11 is 5.96. The number of halogens is 1. The van der Waals surface area contributed by atoms with E-state index in [4.69, 9.17) is 11.6 Å². The van der Waals surface area contributed by atoms with Crippen molar-refractivity contribution in [3.8, 4) is 0 Å². The Bertz CT molecular complexity index is 935. The maximum absolute atomic E-state index is 12.5. The zero-order chi connectivity index (χ0) is 21.1. The fraction of sp³-hybridized carbons (Fsp3) is 0.381. The van der Waals surface area contributed by atoms with Gasteiger partial charge in [-0.3, -0.25) is 9.10 Å². The third kappa shape index (κ3) is 5.97. The van der Waals surface area contributed by atoms with Gasteiger partial charge in [-0.05, 0) is 41.7 Å². The van der Waals surface area contributed by atoms with Crippen LogP contribution in [0.15, 0.2) is 48.5 Å². The van der Waals surface area contributed by atoms with E-state index in [1.54, 1.807) is 18.2 Å². The lowest BCUT2D eigenvalue weighted by atomic mass is 9.86. The van der Waals surface area contributed by atoms with Crippen LogP contribution in [0.5, 0.6) is 0 Å². The number of rotatable bonds is 6. The molecule has 0 aliphatic carbocycles. The normalized spacial score (nSPS) is 13.1. The van der Waals surface area contributed by atoms with Crippen molar-refractivity contribution in [3.05, 3.63) is 64.7 Å². The lowest BCUT2D eigenvalue weighted by Crippen LogP contribution is -2.41. The molecule has 1 N–H and O–H groups in total. The average molecular weight is 423 g/mol. The van der Waals surface area contributed by atoms with Crippen LogP contribution in [0.4, 0.5) is 5.69 Å². The number of benzene rings is 2. The first kappa shape index (κ1) is 22.2. The Hall–Kier alpha value is -2.05. The average Bonchev–Trinajstić information content (AvgIpc) is 2.58. The Labute approximate surface area is 172 Å². The quantitative estimate of drug-likeness (QED) is 0.755. The first-order valence-corrected chi connectivity index (χ1v) is 11.2. The van der Waals surface area contributed by atoms with Gasteiger partial charge in [0, 0.05) is 5.02 Å². The Morgan fingerprint density at radius 1 is 1.14 bits per heavy atom. The second-order valence-corrected chi connectivity index (χ2v) is 10.3. The van der Waals surface area contributed by atoms with Crippen LogP contribution in [-0.4, -0.2) is 27.1 Å². The van der Waals surface area contributed by atoms with Crippen LogP contribution in [0.2, 0.25) is 5.02 Å². The number of amides is 1. The molecule has 0 aliphatic heterocycles. The van der Waals surface area contributed by atoms with Crippen molar-refractivity contribution in [2.75, 3.05) is 17.1 Å². The summed E-state index contributed by atoms with van der Waals surface area (Å²) in [7, 11) is -3.64. The molecule has 2 aromatic rings. The third-order valence-corrected chi connectivity index (χ3v) is 5.81. The fourth-order valence-corrected chi connectivity index (χ4v) is 3.84. The Morgan fingerprint density at radius 3 is 2.25 bits per heavy atom. The minimum Gasteiger partial charge on any atom is -0.348 e. The summed E-state index contributed by atoms with van der Waals surface area (Å²) in [5.41, 5.74) is 2.57. The van der Waals surface area contributed by atoms with Gasteiger partial charge in [-0.2, -0.15) is 0 Å². The van der Waals surface area contributed by atoms with Gasteiger partial charge in [-0.15, -0.1) is 0 Å². The van der Waals surface area contributed by atoms with Crippen LogP contribution in [0.3, 0.4) is 0 Å². The molecular formula is C21H27ClN2O3S. The molecule has 2 aromatic carbocycles. The first-order valence-electron chi connectivity index (χ1n) is 9.01. The van der Waals surface area contributed by atoms with Crippen LogP contribution in [0.25, 0.3) is 0 Å². The molecule has 5 nitrogen and oxygen atoms in total. The van der Waals surface area contributed by atoms with Gasteiger partial charge in [0.2, 0.25) is 15.9 Å². The van der Waals surface area contributed by atoms with Gasteiger partial charge in [0.05, 0.1) is 18.0 Å². The number of hydrogen-bond acceptors (Lipinski definition) is 3. The number of hydrogen-bond donors (Lipinski definition) is 1. The Kier molecular flexibility index (Phi) is 6.78. The summed E-state index contributed by atoms with van der Waals surface area (Å²) in [6.45, 7) is 7.98. The summed E-state index contributed by atoms with van der Waals surface area (Å²) in [5.74, 6) is -0.391. The van der Waals surface area contributed by atoms with Gasteiger partial charge in [0.25, 0.3) is 0 Å². The van der Waals surface area contributed by atoms with E-state index in [9.17, 15) is 13.2 Å². The van der Waals surface area contributed by atoms with Crippen LogP contribution in [0, 0.1) is 0 Å². The molecule has 0 spiro atoms. The number of nitrogens with one attached hydrogen (secondary N) is 1. The van der Waals surface area contributed by atoms with E-state index in [1.165, 1.54) is 11.6 Å². The maximum Gasteiger partial charge on any atom is 0.241 e. The van der Waals surface area contributed by atoms with E-state index >= 15 is 0 Å². The predicted molar refractivity (Wildman–Crippen MR) is 115 cm³/mol. The molecular weight excluding hydrogens is 396 g/mol. The topological polar surface area (TPSA) is 66.5 Å². The monoisotopic (exact) mass is 422 g/mol. The standard InChI is InChI=1S/C21H27ClN2O3S/c1-15(16-9-11-17(12-10-16)21(2,3)4)23-20(25)14-24(28(5,26)27)19-8-6-7-18(22)13-19/h6-13,15H,14H2,1-5H3,(H,23,25). The van der Waals surface area contributed by atoms with Crippen molar-refractivity contribution >= 4 is 33.2 Å². The lowest BCUT2D eigenvalue weighted by Gasteiger charge is -2.24. The van der Waals surface area contributed by atoms with E-state index in [1.807, 2.05) is 31.2 Å². The molecule has 0 bridgehead atoms. The molecule has 0 radical (unpaired) electrons. The zero-order valence-electron chi connectivity index (χ0n) is 16.9. The van der Waals surface area contributed by atoms with Crippen LogP contribution >= 0.6 is 11.6 Å². The molecule has 1 amide bonds. The number of carbonyl (C=O) groups is 1. The van der Waals surface area contributed by atoms with E-state index in [-0.39, 0.29) is 18.0 Å². The highest BCUT2D eigenvalue weighted by Crippen LogP contribution is 2.24. The smallest absolute Gasteiger partial charge is 0.241 e. The van der Waals surface area contributed by atoms with E-state index < -0.39 is 15.9 Å². The van der Waals surface area contributed by atoms with Crippen molar-refractivity contribution in [1.82, 2.24) is 5.32 Å². The Morgan fingerprint density at radius 2 is 1.75 bits per heavy atom. The third-order valence-electron chi connectivity index (χ3n) is 4.44. The molecule has 7 heteroatoms. The highest BCUT2D eigenvalue weighted by Gasteiger charge is 2.22. The van der Waals surface area contributed by atoms with Crippen molar-refractivity contribution in [2.45, 2.75) is 39.2 Å². The minimum absolute atomic E-state index is 0.0535. The van der Waals surface area contributed by atoms with E-state index in [0.29, 0.717) is 10.7 Å². The maximum atomic E-state index is 12.5. The number of sulfonamides is 1. The van der Waals surface area contributed by atoms with Gasteiger partial charge in [-0.1, -0.05) is 62.7 Å². The second kappa shape index (κ2) is 8.53. The molecule has 0 saturated heterocycles. The first-order chi connectivity index (χ1) is 12.9. The fourth-order valence-electron chi connectivity index (χ4n) is 2.80. The van der Waals surface area contributed by atoms with E-state index in [2.05, 4.69) is 26.1 Å². The van der Waals surface area contributed by atoms with Crippen molar-refractivity contribution in [3.63, 3.8) is 0 Å². The molecule has 152 valence electrons. The van der Waals surface area contributed by atoms with Gasteiger partial charge in [0.15, 0.2) is 0 Å². The molecule has 28 heavy (non-hydrogen) atoms. The highest BCUT2D eigenvalue weighted by molar-refractivity contribution is 7.92. The molecule has 0 fully saturated rings. The summed E-state index contributed by atoms with van der Waals surface area (Å²) in [6, 6.07) is 14.2. The van der Waals surface area contributed by atoms with Gasteiger partial charge < -0.3 is 5.32 Å². The van der Waals surface area contributed by atoms with Crippen LogP contribution < -0.4 is 9.62 Å². The molecule has 0 heterocycles. The van der Waals surface area contributed by atoms with Crippen molar-refractivity contribution in [2.24, 2.45) is 0 Å². The zero-order valence-corrected chi connectivity index (χ0v) is 18.4. The van der Waals surface area contributed by atoms with Crippen LogP contribution in [0.1, 0.15) is 44.9 Å². The van der Waals surface area contributed by atoms with Gasteiger partial charge >= 0.3 is 0 Å². The molecule has 1 atom stereocenters. The molecule has 1 unspecified atom stereocenters. The molecule has 0 saturated carbocycles. The predicted octanol–water partition coefficient (Wildman–Crippen LogP) is 4.28. The van der Waals surface area contributed by atoms with Crippen molar-refractivity contribution < 1.29 is 13.2 Å².